The third-order valence-electron chi connectivity index (χ3n) is 2.86. The summed E-state index contributed by atoms with van der Waals surface area (Å²) in [5, 5.41) is 16.8. The van der Waals surface area contributed by atoms with Crippen LogP contribution < -0.4 is 0 Å². The van der Waals surface area contributed by atoms with E-state index in [9.17, 15) is 4.79 Å². The van der Waals surface area contributed by atoms with Crippen molar-refractivity contribution in [1.82, 2.24) is 15.2 Å². The Balaban J connectivity index is 2.00. The van der Waals surface area contributed by atoms with Crippen LogP contribution in [0.3, 0.4) is 0 Å². The highest BCUT2D eigenvalue weighted by atomic mass is 16.4. The lowest BCUT2D eigenvalue weighted by atomic mass is 10.1. The van der Waals surface area contributed by atoms with Gasteiger partial charge < -0.3 is 13.9 Å². The molecular formula is C14H11N3O4. The second-order valence-corrected chi connectivity index (χ2v) is 4.42. The number of hydrogen-bond acceptors (Lipinski definition) is 6. The predicted molar refractivity (Wildman–Crippen MR) is 71.7 cm³/mol. The normalized spacial score (nSPS) is 10.8. The number of carboxylic acids is 1. The first kappa shape index (κ1) is 13.0. The van der Waals surface area contributed by atoms with E-state index in [0.29, 0.717) is 28.9 Å². The molecule has 0 fully saturated rings. The van der Waals surface area contributed by atoms with Gasteiger partial charge in [0.2, 0.25) is 17.5 Å². The summed E-state index contributed by atoms with van der Waals surface area (Å²) in [5.74, 6) is -0.127. The van der Waals surface area contributed by atoms with Crippen molar-refractivity contribution in [2.45, 2.75) is 13.8 Å². The topological polar surface area (TPSA) is 102 Å². The Bertz CT molecular complexity index is 802. The van der Waals surface area contributed by atoms with Crippen molar-refractivity contribution in [3.8, 4) is 22.7 Å². The van der Waals surface area contributed by atoms with Crippen LogP contribution in [0.1, 0.15) is 22.3 Å². The van der Waals surface area contributed by atoms with Gasteiger partial charge in [0, 0.05) is 25.0 Å². The third-order valence-corrected chi connectivity index (χ3v) is 2.86. The zero-order valence-corrected chi connectivity index (χ0v) is 11.3. The van der Waals surface area contributed by atoms with Gasteiger partial charge in [-0.05, 0) is 12.1 Å². The van der Waals surface area contributed by atoms with E-state index in [2.05, 4.69) is 15.2 Å². The van der Waals surface area contributed by atoms with Crippen LogP contribution in [-0.2, 0) is 0 Å². The lowest BCUT2D eigenvalue weighted by Gasteiger charge is -1.99. The van der Waals surface area contributed by atoms with Crippen LogP contribution in [-0.4, -0.2) is 26.3 Å². The van der Waals surface area contributed by atoms with Crippen molar-refractivity contribution in [2.24, 2.45) is 0 Å². The van der Waals surface area contributed by atoms with Crippen LogP contribution in [0.15, 0.2) is 33.1 Å². The molecule has 3 aromatic rings. The molecule has 0 aliphatic rings. The maximum atomic E-state index is 11.1. The van der Waals surface area contributed by atoms with Crippen molar-refractivity contribution in [3.63, 3.8) is 0 Å². The number of aryl methyl sites for hydroxylation is 2. The van der Waals surface area contributed by atoms with E-state index in [-0.39, 0.29) is 5.76 Å². The largest absolute Gasteiger partial charge is 0.475 e. The van der Waals surface area contributed by atoms with E-state index in [1.807, 2.05) is 0 Å². The van der Waals surface area contributed by atoms with Gasteiger partial charge in [-0.1, -0.05) is 12.1 Å². The molecule has 2 aromatic heterocycles. The minimum absolute atomic E-state index is 0.172. The lowest BCUT2D eigenvalue weighted by Crippen LogP contribution is -1.96. The predicted octanol–water partition coefficient (Wildman–Crippen LogP) is 2.71. The van der Waals surface area contributed by atoms with E-state index in [1.165, 1.54) is 0 Å². The van der Waals surface area contributed by atoms with E-state index < -0.39 is 5.97 Å². The molecule has 0 radical (unpaired) electrons. The molecule has 0 bridgehead atoms. The van der Waals surface area contributed by atoms with Crippen molar-refractivity contribution in [3.05, 3.63) is 41.8 Å². The van der Waals surface area contributed by atoms with Gasteiger partial charge in [-0.25, -0.2) is 9.78 Å². The number of carbonyl (C=O) groups is 1. The molecule has 1 N–H and O–H groups in total. The maximum absolute atomic E-state index is 11.1. The highest BCUT2D eigenvalue weighted by molar-refractivity contribution is 5.91. The minimum Gasteiger partial charge on any atom is -0.475 e. The first-order chi connectivity index (χ1) is 10.0. The molecule has 21 heavy (non-hydrogen) atoms. The quantitative estimate of drug-likeness (QED) is 0.789. The fourth-order valence-electron chi connectivity index (χ4n) is 1.95. The van der Waals surface area contributed by atoms with E-state index >= 15 is 0 Å². The zero-order chi connectivity index (χ0) is 15.0. The Labute approximate surface area is 119 Å². The molecular weight excluding hydrogens is 274 g/mol. The van der Waals surface area contributed by atoms with Crippen LogP contribution in [0.4, 0.5) is 0 Å². The summed E-state index contributed by atoms with van der Waals surface area (Å²) >= 11 is 0. The van der Waals surface area contributed by atoms with Crippen LogP contribution in [0.5, 0.6) is 0 Å². The third kappa shape index (κ3) is 2.40. The molecule has 0 amide bonds. The van der Waals surface area contributed by atoms with Gasteiger partial charge in [0.25, 0.3) is 0 Å². The van der Waals surface area contributed by atoms with Crippen LogP contribution >= 0.6 is 0 Å². The number of rotatable bonds is 3. The summed E-state index contributed by atoms with van der Waals surface area (Å²) in [7, 11) is 0. The molecule has 7 heteroatoms. The summed E-state index contributed by atoms with van der Waals surface area (Å²) in [6.07, 6.45) is 0. The standard InChI is InChI=1S/C14H11N3O4/c1-7-15-11(12(20-7)14(18)19)9-3-5-10(6-4-9)13-17-16-8(2)21-13/h3-6H,1-2H3,(H,18,19). The van der Waals surface area contributed by atoms with Crippen LogP contribution in [0.2, 0.25) is 0 Å². The number of aromatic nitrogens is 3. The van der Waals surface area contributed by atoms with Crippen LogP contribution in [0, 0.1) is 13.8 Å². The zero-order valence-electron chi connectivity index (χ0n) is 11.3. The molecule has 2 heterocycles. The van der Waals surface area contributed by atoms with E-state index in [4.69, 9.17) is 13.9 Å². The molecule has 0 aliphatic carbocycles. The molecule has 0 aliphatic heterocycles. The second kappa shape index (κ2) is 4.86. The molecule has 7 nitrogen and oxygen atoms in total. The summed E-state index contributed by atoms with van der Waals surface area (Å²) in [4.78, 5) is 15.2. The fraction of sp³-hybridized carbons (Fsp3) is 0.143. The molecule has 3 rings (SSSR count). The number of nitrogens with zero attached hydrogens (tertiary/aromatic N) is 3. The van der Waals surface area contributed by atoms with Crippen molar-refractivity contribution in [2.75, 3.05) is 0 Å². The van der Waals surface area contributed by atoms with Crippen molar-refractivity contribution >= 4 is 5.97 Å². The molecule has 0 saturated carbocycles. The molecule has 0 unspecified atom stereocenters. The second-order valence-electron chi connectivity index (χ2n) is 4.42. The Morgan fingerprint density at radius 1 is 1.00 bits per heavy atom. The van der Waals surface area contributed by atoms with Gasteiger partial charge in [0.05, 0.1) is 0 Å². The number of aromatic carboxylic acids is 1. The molecule has 106 valence electrons. The molecule has 1 aromatic carbocycles. The molecule has 0 spiro atoms. The average Bonchev–Trinajstić information content (AvgIpc) is 3.05. The highest BCUT2D eigenvalue weighted by Crippen LogP contribution is 2.26. The van der Waals surface area contributed by atoms with E-state index in [1.54, 1.807) is 38.1 Å². The Morgan fingerprint density at radius 3 is 2.24 bits per heavy atom. The molecule has 0 saturated heterocycles. The summed E-state index contributed by atoms with van der Waals surface area (Å²) in [6.45, 7) is 3.31. The van der Waals surface area contributed by atoms with Crippen molar-refractivity contribution < 1.29 is 18.7 Å². The summed E-state index contributed by atoms with van der Waals surface area (Å²) < 4.78 is 10.4. The number of hydrogen-bond donors (Lipinski definition) is 1. The number of oxazole rings is 1. The first-order valence-corrected chi connectivity index (χ1v) is 6.16. The minimum atomic E-state index is -1.15. The summed E-state index contributed by atoms with van der Waals surface area (Å²) in [6, 6.07) is 6.99. The van der Waals surface area contributed by atoms with Crippen LogP contribution in [0.25, 0.3) is 22.7 Å². The number of carboxylic acid groups (broad SMARTS) is 1. The lowest BCUT2D eigenvalue weighted by molar-refractivity contribution is 0.0662. The summed E-state index contributed by atoms with van der Waals surface area (Å²) in [5.41, 5.74) is 1.69. The van der Waals surface area contributed by atoms with Gasteiger partial charge in [0.15, 0.2) is 5.89 Å². The Hall–Kier alpha value is -2.96. The monoisotopic (exact) mass is 285 g/mol. The van der Waals surface area contributed by atoms with Gasteiger partial charge in [-0.3, -0.25) is 0 Å². The first-order valence-electron chi connectivity index (χ1n) is 6.16. The van der Waals surface area contributed by atoms with E-state index in [0.717, 1.165) is 5.56 Å². The highest BCUT2D eigenvalue weighted by Gasteiger charge is 2.19. The fourth-order valence-corrected chi connectivity index (χ4v) is 1.95. The Morgan fingerprint density at radius 2 is 1.67 bits per heavy atom. The van der Waals surface area contributed by atoms with Gasteiger partial charge in [0.1, 0.15) is 5.69 Å². The van der Waals surface area contributed by atoms with Gasteiger partial charge in [-0.2, -0.15) is 0 Å². The van der Waals surface area contributed by atoms with Crippen molar-refractivity contribution in [1.29, 1.82) is 0 Å². The van der Waals surface area contributed by atoms with Gasteiger partial charge >= 0.3 is 5.97 Å². The van der Waals surface area contributed by atoms with Gasteiger partial charge in [-0.15, -0.1) is 10.2 Å². The number of benzene rings is 1. The SMILES string of the molecule is Cc1nnc(-c2ccc(-c3nc(C)oc3C(=O)O)cc2)o1. The smallest absolute Gasteiger partial charge is 0.374 e. The maximum Gasteiger partial charge on any atom is 0.374 e. The average molecular weight is 285 g/mol. The molecule has 0 atom stereocenters. The Kier molecular flexibility index (Phi) is 3.02.